The SMILES string of the molecule is C[C@H]1CN(c2cc(F)c(Br)c(F)c2NC(=O)c2cnc(OCC[Si](C)(C)C)cc2C(F)F)CCN1C. The lowest BCUT2D eigenvalue weighted by atomic mass is 10.1. The molecule has 1 aliphatic heterocycles. The first kappa shape index (κ1) is 28.4. The van der Waals surface area contributed by atoms with Crippen LogP contribution in [0.25, 0.3) is 0 Å². The molecule has 0 aliphatic carbocycles. The molecule has 2 heterocycles. The van der Waals surface area contributed by atoms with Crippen molar-refractivity contribution in [2.45, 2.75) is 45.1 Å². The number of aromatic nitrogens is 1. The van der Waals surface area contributed by atoms with E-state index < -0.39 is 47.6 Å². The molecule has 1 aromatic heterocycles. The lowest BCUT2D eigenvalue weighted by molar-refractivity contribution is 0.101. The van der Waals surface area contributed by atoms with E-state index in [2.05, 4.69) is 50.8 Å². The van der Waals surface area contributed by atoms with Gasteiger partial charge >= 0.3 is 0 Å². The molecule has 1 atom stereocenters. The molecule has 1 aliphatic rings. The Hall–Kier alpha value is -2.18. The Morgan fingerprint density at radius 1 is 1.28 bits per heavy atom. The Morgan fingerprint density at radius 2 is 1.97 bits per heavy atom. The van der Waals surface area contributed by atoms with Gasteiger partial charge in [-0.3, -0.25) is 4.79 Å². The van der Waals surface area contributed by atoms with Gasteiger partial charge in [0, 0.05) is 57.6 Å². The number of anilines is 2. The Kier molecular flexibility index (Phi) is 9.05. The number of amides is 1. The Labute approximate surface area is 218 Å². The van der Waals surface area contributed by atoms with Gasteiger partial charge in [-0.05, 0) is 35.9 Å². The number of carbonyl (C=O) groups excluding carboxylic acids is 1. The van der Waals surface area contributed by atoms with E-state index in [0.717, 1.165) is 24.4 Å². The number of nitrogens with zero attached hydrogens (tertiary/aromatic N) is 3. The first-order valence-corrected chi connectivity index (χ1v) is 16.1. The lowest BCUT2D eigenvalue weighted by Crippen LogP contribution is -2.50. The van der Waals surface area contributed by atoms with Crippen LogP contribution >= 0.6 is 15.9 Å². The number of alkyl halides is 2. The van der Waals surface area contributed by atoms with E-state index in [9.17, 15) is 18.0 Å². The van der Waals surface area contributed by atoms with Crippen molar-refractivity contribution in [3.63, 3.8) is 0 Å². The summed E-state index contributed by atoms with van der Waals surface area (Å²) in [7, 11) is 0.551. The second-order valence-electron chi connectivity index (χ2n) is 10.2. The predicted octanol–water partition coefficient (Wildman–Crippen LogP) is 6.17. The molecule has 0 saturated carbocycles. The van der Waals surface area contributed by atoms with Crippen molar-refractivity contribution in [1.29, 1.82) is 0 Å². The zero-order valence-electron chi connectivity index (χ0n) is 21.0. The van der Waals surface area contributed by atoms with Gasteiger partial charge in [0.15, 0.2) is 5.82 Å². The van der Waals surface area contributed by atoms with E-state index in [1.807, 2.05) is 14.0 Å². The molecule has 6 nitrogen and oxygen atoms in total. The summed E-state index contributed by atoms with van der Waals surface area (Å²) in [6, 6.07) is 3.07. The summed E-state index contributed by atoms with van der Waals surface area (Å²) in [5.74, 6) is -2.85. The highest BCUT2D eigenvalue weighted by atomic mass is 79.9. The molecule has 198 valence electrons. The minimum atomic E-state index is -2.99. The number of halogens is 5. The molecule has 12 heteroatoms. The summed E-state index contributed by atoms with van der Waals surface area (Å²) in [5, 5.41) is 2.39. The van der Waals surface area contributed by atoms with Crippen molar-refractivity contribution < 1.29 is 27.1 Å². The van der Waals surface area contributed by atoms with Crippen molar-refractivity contribution in [2.75, 3.05) is 43.5 Å². The summed E-state index contributed by atoms with van der Waals surface area (Å²) >= 11 is 2.87. The molecule has 2 aromatic rings. The number of pyridine rings is 1. The van der Waals surface area contributed by atoms with Gasteiger partial charge in [-0.1, -0.05) is 19.6 Å². The van der Waals surface area contributed by atoms with E-state index in [1.54, 1.807) is 4.90 Å². The number of likely N-dealkylation sites (N-methyl/N-ethyl adjacent to an activating group) is 1. The number of hydrogen-bond acceptors (Lipinski definition) is 5. The van der Waals surface area contributed by atoms with E-state index in [0.29, 0.717) is 26.2 Å². The standard InChI is InChI=1S/C24H31BrF4N4O2Si/c1-14-13-33(7-6-32(14)2)18-11-17(26)20(25)21(27)22(18)31-24(34)16-12-30-19(10-15(16)23(28)29)35-8-9-36(3,4)5/h10-12,14,23H,6-9,13H2,1-5H3,(H,31,34)/t14-/m0/s1. The van der Waals surface area contributed by atoms with Crippen molar-refractivity contribution in [3.8, 4) is 5.88 Å². The number of rotatable bonds is 8. The van der Waals surface area contributed by atoms with Crippen LogP contribution < -0.4 is 15.0 Å². The molecular weight excluding hydrogens is 560 g/mol. The zero-order chi connectivity index (χ0) is 26.8. The monoisotopic (exact) mass is 590 g/mol. The molecule has 0 spiro atoms. The average molecular weight is 592 g/mol. The molecule has 1 fully saturated rings. The molecule has 1 N–H and O–H groups in total. The number of ether oxygens (including phenoxy) is 1. The third-order valence-corrected chi connectivity index (χ3v) is 8.60. The van der Waals surface area contributed by atoms with Crippen LogP contribution in [-0.4, -0.2) is 63.2 Å². The lowest BCUT2D eigenvalue weighted by Gasteiger charge is -2.39. The number of benzene rings is 1. The maximum atomic E-state index is 15.2. The summed E-state index contributed by atoms with van der Waals surface area (Å²) in [6.07, 6.45) is -2.00. The highest BCUT2D eigenvalue weighted by molar-refractivity contribution is 9.10. The topological polar surface area (TPSA) is 57.7 Å². The molecule has 36 heavy (non-hydrogen) atoms. The van der Waals surface area contributed by atoms with Gasteiger partial charge in [0.25, 0.3) is 12.3 Å². The van der Waals surface area contributed by atoms with Gasteiger partial charge in [0.05, 0.1) is 22.3 Å². The summed E-state index contributed by atoms with van der Waals surface area (Å²) < 4.78 is 62.4. The Bertz CT molecular complexity index is 1120. The van der Waals surface area contributed by atoms with Gasteiger partial charge in [-0.15, -0.1) is 0 Å². The van der Waals surface area contributed by atoms with Crippen LogP contribution in [0.3, 0.4) is 0 Å². The molecule has 0 radical (unpaired) electrons. The third-order valence-electron chi connectivity index (χ3n) is 6.17. The Morgan fingerprint density at radius 3 is 2.58 bits per heavy atom. The van der Waals surface area contributed by atoms with Gasteiger partial charge in [0.1, 0.15) is 11.5 Å². The van der Waals surface area contributed by atoms with E-state index in [1.165, 1.54) is 0 Å². The Balaban J connectivity index is 1.91. The maximum Gasteiger partial charge on any atom is 0.264 e. The van der Waals surface area contributed by atoms with Crippen LogP contribution in [0.1, 0.15) is 29.3 Å². The fourth-order valence-electron chi connectivity index (χ4n) is 3.76. The average Bonchev–Trinajstić information content (AvgIpc) is 2.80. The van der Waals surface area contributed by atoms with Gasteiger partial charge in [-0.25, -0.2) is 22.5 Å². The normalized spacial score (nSPS) is 17.0. The van der Waals surface area contributed by atoms with Crippen LogP contribution in [0, 0.1) is 11.6 Å². The summed E-state index contributed by atoms with van der Waals surface area (Å²) in [4.78, 5) is 21.0. The molecule has 1 amide bonds. The first-order valence-electron chi connectivity index (χ1n) is 11.6. The van der Waals surface area contributed by atoms with Gasteiger partial charge in [-0.2, -0.15) is 0 Å². The predicted molar refractivity (Wildman–Crippen MR) is 139 cm³/mol. The maximum absolute atomic E-state index is 15.2. The van der Waals surface area contributed by atoms with Crippen molar-refractivity contribution in [1.82, 2.24) is 9.88 Å². The van der Waals surface area contributed by atoms with Crippen LogP contribution in [0.2, 0.25) is 25.7 Å². The minimum Gasteiger partial charge on any atom is -0.478 e. The van der Waals surface area contributed by atoms with Crippen molar-refractivity contribution in [3.05, 3.63) is 45.6 Å². The zero-order valence-corrected chi connectivity index (χ0v) is 23.6. The minimum absolute atomic E-state index is 0.0112. The molecule has 0 bridgehead atoms. The quantitative estimate of drug-likeness (QED) is 0.226. The van der Waals surface area contributed by atoms with E-state index in [-0.39, 0.29) is 23.3 Å². The van der Waals surface area contributed by atoms with E-state index in [4.69, 9.17) is 4.74 Å². The molecule has 3 rings (SSSR count). The number of hydrogen-bond donors (Lipinski definition) is 1. The molecular formula is C24H31BrF4N4O2Si. The fraction of sp³-hybridized carbons (Fsp3) is 0.500. The molecule has 1 saturated heterocycles. The third kappa shape index (κ3) is 6.77. The number of nitrogens with one attached hydrogen (secondary N) is 1. The van der Waals surface area contributed by atoms with Crippen LogP contribution in [0.15, 0.2) is 22.8 Å². The molecule has 1 aromatic carbocycles. The smallest absolute Gasteiger partial charge is 0.264 e. The second kappa shape index (κ2) is 11.5. The van der Waals surface area contributed by atoms with E-state index >= 15 is 4.39 Å². The largest absolute Gasteiger partial charge is 0.478 e. The number of piperazine rings is 1. The van der Waals surface area contributed by atoms with Gasteiger partial charge in [0.2, 0.25) is 5.88 Å². The number of carbonyl (C=O) groups is 1. The van der Waals surface area contributed by atoms with Crippen LogP contribution in [-0.2, 0) is 0 Å². The summed E-state index contributed by atoms with van der Waals surface area (Å²) in [6.45, 7) is 10.4. The highest BCUT2D eigenvalue weighted by Gasteiger charge is 2.29. The summed E-state index contributed by atoms with van der Waals surface area (Å²) in [5.41, 5.74) is -1.15. The van der Waals surface area contributed by atoms with Crippen LogP contribution in [0.4, 0.5) is 28.9 Å². The second-order valence-corrected chi connectivity index (χ2v) is 16.6. The first-order chi connectivity index (χ1) is 16.8. The van der Waals surface area contributed by atoms with Crippen LogP contribution in [0.5, 0.6) is 5.88 Å². The van der Waals surface area contributed by atoms with Crippen molar-refractivity contribution in [2.24, 2.45) is 0 Å². The highest BCUT2D eigenvalue weighted by Crippen LogP contribution is 2.37. The van der Waals surface area contributed by atoms with Crippen molar-refractivity contribution >= 4 is 41.3 Å². The van der Waals surface area contributed by atoms with Gasteiger partial charge < -0.3 is 19.9 Å². The fourth-order valence-corrected chi connectivity index (χ4v) is 4.79. The molecule has 0 unspecified atom stereocenters.